The molecule has 0 saturated carbocycles. The zero-order chi connectivity index (χ0) is 12.3. The lowest BCUT2D eigenvalue weighted by Crippen LogP contribution is -2.00. The van der Waals surface area contributed by atoms with Gasteiger partial charge in [0, 0.05) is 17.6 Å². The maximum atomic E-state index is 11.9. The number of carbonyl (C=O) groups is 1. The van der Waals surface area contributed by atoms with Crippen molar-refractivity contribution >= 4 is 16.9 Å². The average Bonchev–Trinajstić information content (AvgIpc) is 2.28. The number of aryl methyl sites for hydroxylation is 2. The third-order valence-corrected chi connectivity index (χ3v) is 2.78. The highest BCUT2D eigenvalue weighted by atomic mass is 32.2. The number of aromatic nitrogens is 3. The van der Waals surface area contributed by atoms with Crippen LogP contribution in [0.1, 0.15) is 21.9 Å². The molecule has 86 valence electrons. The molecule has 0 amide bonds. The van der Waals surface area contributed by atoms with E-state index in [0.29, 0.717) is 10.9 Å². The van der Waals surface area contributed by atoms with E-state index in [4.69, 9.17) is 0 Å². The van der Waals surface area contributed by atoms with Crippen LogP contribution in [0, 0.1) is 13.8 Å². The minimum atomic E-state index is -0.143. The van der Waals surface area contributed by atoms with Gasteiger partial charge in [-0.25, -0.2) is 9.97 Å². The zero-order valence-corrected chi connectivity index (χ0v) is 10.4. The highest BCUT2D eigenvalue weighted by Crippen LogP contribution is 2.18. The third kappa shape index (κ3) is 3.10. The summed E-state index contributed by atoms with van der Waals surface area (Å²) in [5.74, 6) is 0. The first-order valence-corrected chi connectivity index (χ1v) is 5.92. The second kappa shape index (κ2) is 5.05. The first kappa shape index (κ1) is 11.7. The van der Waals surface area contributed by atoms with Crippen molar-refractivity contribution in [3.63, 3.8) is 0 Å². The molecular formula is C12H11N3OS. The maximum Gasteiger partial charge on any atom is 0.245 e. The average molecular weight is 245 g/mol. The number of hydrogen-bond acceptors (Lipinski definition) is 5. The van der Waals surface area contributed by atoms with Crippen LogP contribution in [-0.4, -0.2) is 20.1 Å². The van der Waals surface area contributed by atoms with Crippen LogP contribution in [0.15, 0.2) is 35.6 Å². The molecule has 0 fully saturated rings. The summed E-state index contributed by atoms with van der Waals surface area (Å²) in [4.78, 5) is 24.3. The zero-order valence-electron chi connectivity index (χ0n) is 9.54. The molecule has 0 radical (unpaired) electrons. The molecule has 0 N–H and O–H groups in total. The second-order valence-corrected chi connectivity index (χ2v) is 4.48. The molecule has 0 atom stereocenters. The van der Waals surface area contributed by atoms with Gasteiger partial charge in [0.1, 0.15) is 5.69 Å². The van der Waals surface area contributed by atoms with E-state index < -0.39 is 0 Å². The molecule has 0 unspecified atom stereocenters. The summed E-state index contributed by atoms with van der Waals surface area (Å²) in [5.41, 5.74) is 2.13. The van der Waals surface area contributed by atoms with Crippen molar-refractivity contribution in [3.05, 3.63) is 47.5 Å². The van der Waals surface area contributed by atoms with E-state index in [1.165, 1.54) is 0 Å². The van der Waals surface area contributed by atoms with E-state index in [1.807, 2.05) is 19.9 Å². The smallest absolute Gasteiger partial charge is 0.245 e. The van der Waals surface area contributed by atoms with E-state index in [-0.39, 0.29) is 5.12 Å². The molecule has 0 saturated heterocycles. The summed E-state index contributed by atoms with van der Waals surface area (Å²) in [5, 5.41) is 0.328. The van der Waals surface area contributed by atoms with Crippen molar-refractivity contribution in [2.24, 2.45) is 0 Å². The molecule has 2 aromatic heterocycles. The molecule has 2 rings (SSSR count). The number of hydrogen-bond donors (Lipinski definition) is 0. The molecule has 0 aliphatic carbocycles. The number of carbonyl (C=O) groups excluding carboxylic acids is 1. The monoisotopic (exact) mass is 245 g/mol. The summed E-state index contributed by atoms with van der Waals surface area (Å²) in [7, 11) is 0. The lowest BCUT2D eigenvalue weighted by molar-refractivity contribution is 0.108. The van der Waals surface area contributed by atoms with Gasteiger partial charge in [0.05, 0.1) is 0 Å². The van der Waals surface area contributed by atoms with Gasteiger partial charge in [0.25, 0.3) is 0 Å². The van der Waals surface area contributed by atoms with Gasteiger partial charge in [-0.15, -0.1) is 0 Å². The molecule has 0 aromatic carbocycles. The largest absolute Gasteiger partial charge is 0.279 e. The summed E-state index contributed by atoms with van der Waals surface area (Å²) in [6, 6.07) is 7.10. The van der Waals surface area contributed by atoms with Gasteiger partial charge in [-0.2, -0.15) is 0 Å². The Morgan fingerprint density at radius 3 is 2.47 bits per heavy atom. The molecule has 5 heteroatoms. The molecular weight excluding hydrogens is 234 g/mol. The van der Waals surface area contributed by atoms with Crippen molar-refractivity contribution in [3.8, 4) is 0 Å². The molecule has 2 heterocycles. The summed E-state index contributed by atoms with van der Waals surface area (Å²) in [6.45, 7) is 3.76. The van der Waals surface area contributed by atoms with E-state index in [1.54, 1.807) is 24.4 Å². The number of pyridine rings is 1. The Hall–Kier alpha value is -1.75. The van der Waals surface area contributed by atoms with Gasteiger partial charge < -0.3 is 0 Å². The minimum Gasteiger partial charge on any atom is -0.279 e. The molecule has 17 heavy (non-hydrogen) atoms. The first-order valence-electron chi connectivity index (χ1n) is 5.10. The van der Waals surface area contributed by atoms with Crippen molar-refractivity contribution < 1.29 is 4.79 Å². The van der Waals surface area contributed by atoms with Crippen molar-refractivity contribution in [1.82, 2.24) is 15.0 Å². The predicted octanol–water partition coefficient (Wildman–Crippen LogP) is 2.42. The Morgan fingerprint density at radius 2 is 1.88 bits per heavy atom. The van der Waals surface area contributed by atoms with E-state index in [9.17, 15) is 4.79 Å². The Balaban J connectivity index is 2.19. The standard InChI is InChI=1S/C12H11N3OS/c1-8-7-9(2)15-12(14-8)17-11(16)10-5-3-4-6-13-10/h3-7H,1-2H3. The Kier molecular flexibility index (Phi) is 3.49. The van der Waals surface area contributed by atoms with E-state index >= 15 is 0 Å². The Labute approximate surface area is 104 Å². The normalized spacial score (nSPS) is 10.2. The van der Waals surface area contributed by atoms with Crippen LogP contribution in [0.3, 0.4) is 0 Å². The molecule has 2 aromatic rings. The second-order valence-electron chi connectivity index (χ2n) is 3.54. The molecule has 0 aliphatic rings. The molecule has 0 aliphatic heterocycles. The number of nitrogens with zero attached hydrogens (tertiary/aromatic N) is 3. The van der Waals surface area contributed by atoms with Crippen LogP contribution in [0.5, 0.6) is 0 Å². The number of rotatable bonds is 2. The summed E-state index contributed by atoms with van der Waals surface area (Å²) in [6.07, 6.45) is 1.59. The quantitative estimate of drug-likeness (QED) is 0.600. The van der Waals surface area contributed by atoms with Crippen molar-refractivity contribution in [1.29, 1.82) is 0 Å². The summed E-state index contributed by atoms with van der Waals surface area (Å²) < 4.78 is 0. The molecule has 0 spiro atoms. The molecule has 4 nitrogen and oxygen atoms in total. The van der Waals surface area contributed by atoms with E-state index in [2.05, 4.69) is 15.0 Å². The lowest BCUT2D eigenvalue weighted by atomic mass is 10.4. The van der Waals surface area contributed by atoms with Gasteiger partial charge in [-0.3, -0.25) is 9.78 Å². The fourth-order valence-electron chi connectivity index (χ4n) is 1.36. The van der Waals surface area contributed by atoms with E-state index in [0.717, 1.165) is 23.1 Å². The van der Waals surface area contributed by atoms with Crippen LogP contribution in [0.4, 0.5) is 0 Å². The van der Waals surface area contributed by atoms with Gasteiger partial charge in [-0.1, -0.05) is 6.07 Å². The third-order valence-electron chi connectivity index (χ3n) is 2.02. The number of thioether (sulfide) groups is 1. The topological polar surface area (TPSA) is 55.7 Å². The Morgan fingerprint density at radius 1 is 1.18 bits per heavy atom. The van der Waals surface area contributed by atoms with Gasteiger partial charge in [0.15, 0.2) is 5.16 Å². The maximum absolute atomic E-state index is 11.9. The Bertz CT molecular complexity index is 522. The van der Waals surface area contributed by atoms with Gasteiger partial charge in [0.2, 0.25) is 5.12 Å². The highest BCUT2D eigenvalue weighted by Gasteiger charge is 2.11. The van der Waals surface area contributed by atoms with Crippen molar-refractivity contribution in [2.45, 2.75) is 19.0 Å². The van der Waals surface area contributed by atoms with Crippen LogP contribution in [-0.2, 0) is 0 Å². The minimum absolute atomic E-state index is 0.143. The fourth-order valence-corrected chi connectivity index (χ4v) is 2.13. The lowest BCUT2D eigenvalue weighted by Gasteiger charge is -2.01. The SMILES string of the molecule is Cc1cc(C)nc(SC(=O)c2ccccn2)n1. The van der Waals surface area contributed by atoms with Crippen LogP contribution in [0.25, 0.3) is 0 Å². The van der Waals surface area contributed by atoms with Gasteiger partial charge >= 0.3 is 0 Å². The first-order chi connectivity index (χ1) is 8.15. The summed E-state index contributed by atoms with van der Waals surface area (Å²) >= 11 is 1.00. The highest BCUT2D eigenvalue weighted by molar-refractivity contribution is 8.14. The molecule has 0 bridgehead atoms. The van der Waals surface area contributed by atoms with Crippen molar-refractivity contribution in [2.75, 3.05) is 0 Å². The van der Waals surface area contributed by atoms with Crippen LogP contribution in [0.2, 0.25) is 0 Å². The fraction of sp³-hybridized carbons (Fsp3) is 0.167. The van der Waals surface area contributed by atoms with Gasteiger partial charge in [-0.05, 0) is 43.8 Å². The predicted molar refractivity (Wildman–Crippen MR) is 65.9 cm³/mol. The van der Waals surface area contributed by atoms with Crippen LogP contribution < -0.4 is 0 Å². The van der Waals surface area contributed by atoms with Crippen LogP contribution >= 0.6 is 11.8 Å².